The summed E-state index contributed by atoms with van der Waals surface area (Å²) in [5, 5.41) is 3.81. The summed E-state index contributed by atoms with van der Waals surface area (Å²) in [6, 6.07) is 1.64. The zero-order valence-electron chi connectivity index (χ0n) is 13.2. The van der Waals surface area contributed by atoms with Gasteiger partial charge in [-0.25, -0.2) is 0 Å². The molecule has 2 rings (SSSR count). The fourth-order valence-electron chi connectivity index (χ4n) is 3.77. The van der Waals surface area contributed by atoms with Crippen molar-refractivity contribution in [1.29, 1.82) is 0 Å². The number of nitrogens with zero attached hydrogens (tertiary/aromatic N) is 1. The minimum absolute atomic E-state index is 0.809. The molecule has 0 aromatic rings. The zero-order valence-corrected chi connectivity index (χ0v) is 13.2. The van der Waals surface area contributed by atoms with Gasteiger partial charge in [0.05, 0.1) is 0 Å². The molecule has 0 aromatic carbocycles. The maximum Gasteiger partial charge on any atom is 0.00671 e. The predicted octanol–water partition coefficient (Wildman–Crippen LogP) is 3.81. The third-order valence-corrected chi connectivity index (χ3v) is 5.25. The lowest BCUT2D eigenvalue weighted by molar-refractivity contribution is 0.158. The maximum atomic E-state index is 3.81. The average molecular weight is 266 g/mol. The van der Waals surface area contributed by atoms with E-state index in [0.29, 0.717) is 0 Å². The monoisotopic (exact) mass is 266 g/mol. The molecule has 0 amide bonds. The van der Waals surface area contributed by atoms with Gasteiger partial charge in [-0.05, 0) is 71.0 Å². The van der Waals surface area contributed by atoms with E-state index in [9.17, 15) is 0 Å². The van der Waals surface area contributed by atoms with Crippen LogP contribution >= 0.6 is 0 Å². The van der Waals surface area contributed by atoms with Crippen molar-refractivity contribution in [1.82, 2.24) is 10.2 Å². The Morgan fingerprint density at radius 3 is 2.68 bits per heavy atom. The van der Waals surface area contributed by atoms with Gasteiger partial charge in [-0.3, -0.25) is 0 Å². The molecule has 2 aliphatic rings. The van der Waals surface area contributed by atoms with Crippen molar-refractivity contribution in [3.05, 3.63) is 0 Å². The van der Waals surface area contributed by atoms with E-state index in [4.69, 9.17) is 0 Å². The molecule has 0 aromatic heterocycles. The van der Waals surface area contributed by atoms with E-state index in [1.807, 2.05) is 0 Å². The SMILES string of the molecule is CC1CCCC(NCCCN2CCCCC2C)CC1. The lowest BCUT2D eigenvalue weighted by Crippen LogP contribution is -2.39. The molecule has 1 N–H and O–H groups in total. The Labute approximate surface area is 120 Å². The number of piperidine rings is 1. The summed E-state index contributed by atoms with van der Waals surface area (Å²) >= 11 is 0. The standard InChI is InChI=1S/C17H34N2/c1-15-7-5-9-17(11-10-15)18-12-6-14-19-13-4-3-8-16(19)2/h15-18H,3-14H2,1-2H3. The molecule has 1 aliphatic carbocycles. The van der Waals surface area contributed by atoms with Crippen molar-refractivity contribution in [2.75, 3.05) is 19.6 Å². The van der Waals surface area contributed by atoms with E-state index >= 15 is 0 Å². The molecule has 2 fully saturated rings. The first-order valence-corrected chi connectivity index (χ1v) is 8.73. The maximum absolute atomic E-state index is 3.81. The van der Waals surface area contributed by atoms with Crippen LogP contribution < -0.4 is 5.32 Å². The highest BCUT2D eigenvalue weighted by Gasteiger charge is 2.18. The van der Waals surface area contributed by atoms with E-state index in [2.05, 4.69) is 24.1 Å². The van der Waals surface area contributed by atoms with Gasteiger partial charge in [0.25, 0.3) is 0 Å². The molecule has 0 spiro atoms. The summed E-state index contributed by atoms with van der Waals surface area (Å²) in [4.78, 5) is 2.69. The molecule has 3 atom stereocenters. The molecule has 0 bridgehead atoms. The van der Waals surface area contributed by atoms with Crippen molar-refractivity contribution in [3.63, 3.8) is 0 Å². The quantitative estimate of drug-likeness (QED) is 0.601. The smallest absolute Gasteiger partial charge is 0.00671 e. The minimum atomic E-state index is 0.809. The van der Waals surface area contributed by atoms with Crippen LogP contribution in [0.2, 0.25) is 0 Å². The summed E-state index contributed by atoms with van der Waals surface area (Å²) in [5.41, 5.74) is 0. The highest BCUT2D eigenvalue weighted by molar-refractivity contribution is 4.75. The van der Waals surface area contributed by atoms with Gasteiger partial charge in [0.2, 0.25) is 0 Å². The highest BCUT2D eigenvalue weighted by atomic mass is 15.2. The van der Waals surface area contributed by atoms with Crippen LogP contribution in [-0.2, 0) is 0 Å². The predicted molar refractivity (Wildman–Crippen MR) is 83.5 cm³/mol. The van der Waals surface area contributed by atoms with Crippen LogP contribution in [0.1, 0.15) is 71.6 Å². The molecule has 0 radical (unpaired) electrons. The van der Waals surface area contributed by atoms with Crippen LogP contribution in [0.15, 0.2) is 0 Å². The normalized spacial score (nSPS) is 34.1. The molecule has 3 unspecified atom stereocenters. The Hall–Kier alpha value is -0.0800. The van der Waals surface area contributed by atoms with Crippen LogP contribution in [0, 0.1) is 5.92 Å². The van der Waals surface area contributed by atoms with Crippen LogP contribution in [-0.4, -0.2) is 36.6 Å². The summed E-state index contributed by atoms with van der Waals surface area (Å²) in [6.07, 6.45) is 12.7. The van der Waals surface area contributed by atoms with Gasteiger partial charge >= 0.3 is 0 Å². The second kappa shape index (κ2) is 8.26. The summed E-state index contributed by atoms with van der Waals surface area (Å²) in [7, 11) is 0. The molecule has 1 aliphatic heterocycles. The van der Waals surface area contributed by atoms with Gasteiger partial charge in [0.15, 0.2) is 0 Å². The fourth-order valence-corrected chi connectivity index (χ4v) is 3.77. The fraction of sp³-hybridized carbons (Fsp3) is 1.00. The number of hydrogen-bond acceptors (Lipinski definition) is 2. The van der Waals surface area contributed by atoms with Crippen LogP contribution in [0.4, 0.5) is 0 Å². The number of rotatable bonds is 5. The lowest BCUT2D eigenvalue weighted by Gasteiger charge is -2.33. The first-order valence-electron chi connectivity index (χ1n) is 8.73. The van der Waals surface area contributed by atoms with E-state index in [1.165, 1.54) is 77.4 Å². The van der Waals surface area contributed by atoms with Gasteiger partial charge in [0, 0.05) is 12.1 Å². The molecule has 2 nitrogen and oxygen atoms in total. The lowest BCUT2D eigenvalue weighted by atomic mass is 10.0. The molecule has 1 heterocycles. The van der Waals surface area contributed by atoms with Crippen LogP contribution in [0.5, 0.6) is 0 Å². The summed E-state index contributed by atoms with van der Waals surface area (Å²) in [5.74, 6) is 0.959. The molecular formula is C17H34N2. The second-order valence-corrected chi connectivity index (χ2v) is 7.00. The van der Waals surface area contributed by atoms with E-state index in [1.54, 1.807) is 0 Å². The van der Waals surface area contributed by atoms with Gasteiger partial charge in [-0.2, -0.15) is 0 Å². The van der Waals surface area contributed by atoms with Crippen LogP contribution in [0.25, 0.3) is 0 Å². The number of likely N-dealkylation sites (tertiary alicyclic amines) is 1. The highest BCUT2D eigenvalue weighted by Crippen LogP contribution is 2.22. The topological polar surface area (TPSA) is 15.3 Å². The molecule has 1 saturated carbocycles. The van der Waals surface area contributed by atoms with Crippen molar-refractivity contribution in [3.8, 4) is 0 Å². The van der Waals surface area contributed by atoms with Gasteiger partial charge in [-0.1, -0.05) is 26.2 Å². The summed E-state index contributed by atoms with van der Waals surface area (Å²) in [6.45, 7) is 8.68. The molecule has 19 heavy (non-hydrogen) atoms. The van der Waals surface area contributed by atoms with Crippen LogP contribution in [0.3, 0.4) is 0 Å². The van der Waals surface area contributed by atoms with Crippen molar-refractivity contribution in [2.24, 2.45) is 5.92 Å². The largest absolute Gasteiger partial charge is 0.314 e. The van der Waals surface area contributed by atoms with Crippen molar-refractivity contribution in [2.45, 2.75) is 83.7 Å². The third-order valence-electron chi connectivity index (χ3n) is 5.25. The first kappa shape index (κ1) is 15.3. The molecular weight excluding hydrogens is 232 g/mol. The van der Waals surface area contributed by atoms with Gasteiger partial charge in [-0.15, -0.1) is 0 Å². The van der Waals surface area contributed by atoms with Crippen molar-refractivity contribution >= 4 is 0 Å². The van der Waals surface area contributed by atoms with E-state index < -0.39 is 0 Å². The molecule has 1 saturated heterocycles. The Bertz CT molecular complexity index is 241. The number of hydrogen-bond donors (Lipinski definition) is 1. The average Bonchev–Trinajstić information content (AvgIpc) is 2.61. The molecule has 2 heteroatoms. The Morgan fingerprint density at radius 2 is 1.84 bits per heavy atom. The summed E-state index contributed by atoms with van der Waals surface area (Å²) < 4.78 is 0. The Morgan fingerprint density at radius 1 is 0.947 bits per heavy atom. The zero-order chi connectivity index (χ0) is 13.5. The van der Waals surface area contributed by atoms with Crippen molar-refractivity contribution < 1.29 is 0 Å². The van der Waals surface area contributed by atoms with Gasteiger partial charge < -0.3 is 10.2 Å². The second-order valence-electron chi connectivity index (χ2n) is 7.00. The Balaban J connectivity index is 1.56. The Kier molecular flexibility index (Phi) is 6.66. The minimum Gasteiger partial charge on any atom is -0.314 e. The third kappa shape index (κ3) is 5.43. The van der Waals surface area contributed by atoms with E-state index in [0.717, 1.165) is 18.0 Å². The number of nitrogens with one attached hydrogen (secondary N) is 1. The molecule has 112 valence electrons. The van der Waals surface area contributed by atoms with Gasteiger partial charge in [0.1, 0.15) is 0 Å². The van der Waals surface area contributed by atoms with E-state index in [-0.39, 0.29) is 0 Å². The first-order chi connectivity index (χ1) is 9.25.